The fourth-order valence-electron chi connectivity index (χ4n) is 2.72. The summed E-state index contributed by atoms with van der Waals surface area (Å²) >= 11 is 0. The summed E-state index contributed by atoms with van der Waals surface area (Å²) in [7, 11) is 0. The molecule has 0 atom stereocenters. The Morgan fingerprint density at radius 2 is 2.05 bits per heavy atom. The molecular formula is C16H24N2O2. The maximum Gasteiger partial charge on any atom is 0.238 e. The molecule has 0 aromatic heterocycles. The first kappa shape index (κ1) is 15.0. The Kier molecular flexibility index (Phi) is 5.15. The normalized spacial score (nSPS) is 17.7. The first-order valence-electron chi connectivity index (χ1n) is 7.37. The molecule has 3 N–H and O–H groups in total. The highest BCUT2D eigenvalue weighted by Gasteiger charge is 2.28. The molecule has 110 valence electrons. The van der Waals surface area contributed by atoms with Crippen molar-refractivity contribution >= 4 is 11.6 Å². The van der Waals surface area contributed by atoms with Crippen LogP contribution in [0.4, 0.5) is 5.69 Å². The van der Waals surface area contributed by atoms with Gasteiger partial charge in [-0.25, -0.2) is 0 Å². The van der Waals surface area contributed by atoms with Gasteiger partial charge >= 0.3 is 0 Å². The van der Waals surface area contributed by atoms with Gasteiger partial charge in [0.15, 0.2) is 0 Å². The second-order valence-electron chi connectivity index (χ2n) is 5.81. The van der Waals surface area contributed by atoms with Gasteiger partial charge in [-0.1, -0.05) is 31.4 Å². The topological polar surface area (TPSA) is 61.4 Å². The van der Waals surface area contributed by atoms with E-state index in [9.17, 15) is 9.90 Å². The second kappa shape index (κ2) is 6.86. The average Bonchev–Trinajstić information content (AvgIpc) is 2.39. The van der Waals surface area contributed by atoms with Crippen molar-refractivity contribution in [3.05, 3.63) is 29.8 Å². The molecule has 4 heteroatoms. The zero-order chi connectivity index (χ0) is 14.4. The third-order valence-corrected chi connectivity index (χ3v) is 3.83. The van der Waals surface area contributed by atoms with Crippen LogP contribution in [-0.4, -0.2) is 29.7 Å². The zero-order valence-corrected chi connectivity index (χ0v) is 12.1. The first-order valence-corrected chi connectivity index (χ1v) is 7.37. The number of benzene rings is 1. The van der Waals surface area contributed by atoms with Crippen LogP contribution in [0.5, 0.6) is 0 Å². The zero-order valence-electron chi connectivity index (χ0n) is 12.1. The highest BCUT2D eigenvalue weighted by atomic mass is 16.3. The molecular weight excluding hydrogens is 252 g/mol. The summed E-state index contributed by atoms with van der Waals surface area (Å²) in [5.74, 6) is -0.0741. The minimum Gasteiger partial charge on any atom is -0.389 e. The van der Waals surface area contributed by atoms with Gasteiger partial charge < -0.3 is 15.7 Å². The van der Waals surface area contributed by atoms with Gasteiger partial charge in [0.1, 0.15) is 0 Å². The number of hydrogen-bond donors (Lipinski definition) is 3. The molecule has 1 aromatic carbocycles. The van der Waals surface area contributed by atoms with Gasteiger partial charge in [-0.3, -0.25) is 4.79 Å². The molecule has 4 nitrogen and oxygen atoms in total. The molecule has 0 aliphatic heterocycles. The number of anilines is 1. The maximum absolute atomic E-state index is 11.8. The molecule has 1 aliphatic rings. The van der Waals surface area contributed by atoms with E-state index in [1.165, 1.54) is 6.42 Å². The lowest BCUT2D eigenvalue weighted by Gasteiger charge is -2.32. The summed E-state index contributed by atoms with van der Waals surface area (Å²) in [5.41, 5.74) is 1.31. The molecule has 0 bridgehead atoms. The number of nitrogens with one attached hydrogen (secondary N) is 2. The van der Waals surface area contributed by atoms with E-state index in [2.05, 4.69) is 10.6 Å². The molecule has 1 amide bonds. The quantitative estimate of drug-likeness (QED) is 0.773. The molecule has 1 aliphatic carbocycles. The van der Waals surface area contributed by atoms with Crippen LogP contribution in [0.1, 0.15) is 37.7 Å². The number of hydrogen-bond acceptors (Lipinski definition) is 3. The fourth-order valence-corrected chi connectivity index (χ4v) is 2.72. The van der Waals surface area contributed by atoms with Crippen LogP contribution >= 0.6 is 0 Å². The predicted molar refractivity (Wildman–Crippen MR) is 80.7 cm³/mol. The second-order valence-corrected chi connectivity index (χ2v) is 5.81. The SMILES string of the molecule is Cc1cccc(NC(=O)CNCC2(O)CCCCC2)c1. The van der Waals surface area contributed by atoms with Crippen LogP contribution in [0.3, 0.4) is 0 Å². The summed E-state index contributed by atoms with van der Waals surface area (Å²) in [4.78, 5) is 11.8. The maximum atomic E-state index is 11.8. The van der Waals surface area contributed by atoms with Crippen molar-refractivity contribution in [2.75, 3.05) is 18.4 Å². The van der Waals surface area contributed by atoms with E-state index in [4.69, 9.17) is 0 Å². The lowest BCUT2D eigenvalue weighted by Crippen LogP contribution is -2.44. The van der Waals surface area contributed by atoms with Gasteiger partial charge in [-0.2, -0.15) is 0 Å². The molecule has 2 rings (SSSR count). The number of aryl methyl sites for hydroxylation is 1. The fraction of sp³-hybridized carbons (Fsp3) is 0.562. The van der Waals surface area contributed by atoms with Crippen LogP contribution < -0.4 is 10.6 Å². The minimum atomic E-state index is -0.623. The Bertz CT molecular complexity index is 454. The van der Waals surface area contributed by atoms with Crippen molar-refractivity contribution < 1.29 is 9.90 Å². The number of carbonyl (C=O) groups is 1. The van der Waals surface area contributed by atoms with Gasteiger partial charge in [-0.15, -0.1) is 0 Å². The molecule has 0 saturated heterocycles. The van der Waals surface area contributed by atoms with Crippen molar-refractivity contribution in [3.63, 3.8) is 0 Å². The van der Waals surface area contributed by atoms with E-state index in [1.54, 1.807) is 0 Å². The number of amides is 1. The van der Waals surface area contributed by atoms with E-state index >= 15 is 0 Å². The Labute approximate surface area is 120 Å². The van der Waals surface area contributed by atoms with Crippen LogP contribution in [0.25, 0.3) is 0 Å². The number of rotatable bonds is 5. The Morgan fingerprint density at radius 1 is 1.30 bits per heavy atom. The number of aliphatic hydroxyl groups is 1. The molecule has 1 fully saturated rings. The van der Waals surface area contributed by atoms with Crippen molar-refractivity contribution in [1.29, 1.82) is 0 Å². The van der Waals surface area contributed by atoms with Crippen molar-refractivity contribution in [2.45, 2.75) is 44.6 Å². The van der Waals surface area contributed by atoms with Gasteiger partial charge in [-0.05, 0) is 37.5 Å². The smallest absolute Gasteiger partial charge is 0.238 e. The van der Waals surface area contributed by atoms with Crippen LogP contribution in [0.2, 0.25) is 0 Å². The Balaban J connectivity index is 1.72. The average molecular weight is 276 g/mol. The lowest BCUT2D eigenvalue weighted by molar-refractivity contribution is -0.115. The molecule has 1 saturated carbocycles. The Morgan fingerprint density at radius 3 is 2.75 bits per heavy atom. The molecule has 0 heterocycles. The summed E-state index contributed by atoms with van der Waals surface area (Å²) in [6, 6.07) is 7.72. The molecule has 1 aromatic rings. The van der Waals surface area contributed by atoms with Gasteiger partial charge in [0.05, 0.1) is 12.1 Å². The summed E-state index contributed by atoms with van der Waals surface area (Å²) in [6.45, 7) is 2.72. The van der Waals surface area contributed by atoms with Crippen LogP contribution in [0.15, 0.2) is 24.3 Å². The highest BCUT2D eigenvalue weighted by molar-refractivity contribution is 5.92. The van der Waals surface area contributed by atoms with Crippen LogP contribution in [-0.2, 0) is 4.79 Å². The molecule has 0 spiro atoms. The Hall–Kier alpha value is -1.39. The summed E-state index contributed by atoms with van der Waals surface area (Å²) in [5, 5.41) is 16.2. The van der Waals surface area contributed by atoms with Crippen molar-refractivity contribution in [1.82, 2.24) is 5.32 Å². The summed E-state index contributed by atoms with van der Waals surface area (Å²) < 4.78 is 0. The molecule has 0 unspecified atom stereocenters. The molecule has 0 radical (unpaired) electrons. The van der Waals surface area contributed by atoms with Crippen molar-refractivity contribution in [2.24, 2.45) is 0 Å². The van der Waals surface area contributed by atoms with Gasteiger partial charge in [0.2, 0.25) is 5.91 Å². The van der Waals surface area contributed by atoms with E-state index in [0.29, 0.717) is 6.54 Å². The largest absolute Gasteiger partial charge is 0.389 e. The van der Waals surface area contributed by atoms with Crippen molar-refractivity contribution in [3.8, 4) is 0 Å². The molecule has 20 heavy (non-hydrogen) atoms. The summed E-state index contributed by atoms with van der Waals surface area (Å²) in [6.07, 6.45) is 5.02. The van der Waals surface area contributed by atoms with E-state index in [1.807, 2.05) is 31.2 Å². The lowest BCUT2D eigenvalue weighted by atomic mass is 9.85. The van der Waals surface area contributed by atoms with E-state index in [0.717, 1.165) is 36.9 Å². The standard InChI is InChI=1S/C16H24N2O2/c1-13-6-5-7-14(10-13)18-15(19)11-17-12-16(20)8-3-2-4-9-16/h5-7,10,17,20H,2-4,8-9,11-12H2,1H3,(H,18,19). The van der Waals surface area contributed by atoms with E-state index in [-0.39, 0.29) is 12.5 Å². The number of carbonyl (C=O) groups excluding carboxylic acids is 1. The predicted octanol–water partition coefficient (Wildman–Crippen LogP) is 2.22. The van der Waals surface area contributed by atoms with Gasteiger partial charge in [0.25, 0.3) is 0 Å². The first-order chi connectivity index (χ1) is 9.57. The van der Waals surface area contributed by atoms with Gasteiger partial charge in [0, 0.05) is 12.2 Å². The minimum absolute atomic E-state index is 0.0741. The monoisotopic (exact) mass is 276 g/mol. The van der Waals surface area contributed by atoms with Crippen LogP contribution in [0, 0.1) is 6.92 Å². The third kappa shape index (κ3) is 4.62. The third-order valence-electron chi connectivity index (χ3n) is 3.83. The van der Waals surface area contributed by atoms with E-state index < -0.39 is 5.60 Å². The highest BCUT2D eigenvalue weighted by Crippen LogP contribution is 2.27.